The number of ether oxygens (including phenoxy) is 1. The van der Waals surface area contributed by atoms with E-state index in [2.05, 4.69) is 10.3 Å². The van der Waals surface area contributed by atoms with E-state index in [1.807, 2.05) is 0 Å². The van der Waals surface area contributed by atoms with Gasteiger partial charge in [0.25, 0.3) is 0 Å². The molecule has 0 bridgehead atoms. The van der Waals surface area contributed by atoms with Gasteiger partial charge in [-0.15, -0.1) is 0 Å². The number of hydrogen-bond donors (Lipinski definition) is 3. The number of phenolic OH excluding ortho intramolecular Hbond substituents is 1. The molecule has 0 saturated heterocycles. The fourth-order valence-corrected chi connectivity index (χ4v) is 3.14. The number of fused-ring (bicyclic) bond motifs is 1. The monoisotopic (exact) mass is 438 g/mol. The third-order valence-corrected chi connectivity index (χ3v) is 4.69. The number of aliphatic hydroxyl groups excluding tert-OH is 1. The maximum atomic E-state index is 13.9. The van der Waals surface area contributed by atoms with Crippen molar-refractivity contribution in [3.63, 3.8) is 0 Å². The molecule has 2 atom stereocenters. The van der Waals surface area contributed by atoms with Crippen LogP contribution in [-0.2, 0) is 6.18 Å². The van der Waals surface area contributed by atoms with Crippen molar-refractivity contribution in [1.29, 1.82) is 0 Å². The van der Waals surface area contributed by atoms with E-state index in [1.54, 1.807) is 12.1 Å². The Bertz CT molecular complexity index is 1020. The van der Waals surface area contributed by atoms with Gasteiger partial charge >= 0.3 is 6.18 Å². The predicted molar refractivity (Wildman–Crippen MR) is 108 cm³/mol. The topological polar surface area (TPSA) is 74.6 Å². The summed E-state index contributed by atoms with van der Waals surface area (Å²) in [6.07, 6.45) is -7.43. The fraction of sp³-hybridized carbons (Fsp3) is 0.318. The summed E-state index contributed by atoms with van der Waals surface area (Å²) in [5.41, 5.74) is -1.37. The molecule has 1 aromatic heterocycles. The number of nitrogens with one attached hydrogen (secondary N) is 1. The van der Waals surface area contributed by atoms with Crippen molar-refractivity contribution in [1.82, 2.24) is 10.3 Å². The minimum Gasteiger partial charge on any atom is -0.508 e. The Hall–Kier alpha value is -2.91. The largest absolute Gasteiger partial charge is 0.508 e. The van der Waals surface area contributed by atoms with Crippen LogP contribution in [0.4, 0.5) is 17.6 Å². The van der Waals surface area contributed by atoms with Gasteiger partial charge in [-0.05, 0) is 48.9 Å². The molecule has 0 radical (unpaired) electrons. The first kappa shape index (κ1) is 22.8. The number of pyridine rings is 1. The lowest BCUT2D eigenvalue weighted by atomic mass is 9.99. The Morgan fingerprint density at radius 3 is 2.48 bits per heavy atom. The molecular formula is C22H22F4N2O3. The summed E-state index contributed by atoms with van der Waals surface area (Å²) in [4.78, 5) is 3.87. The van der Waals surface area contributed by atoms with Crippen molar-refractivity contribution in [2.45, 2.75) is 25.4 Å². The van der Waals surface area contributed by atoms with Crippen molar-refractivity contribution in [3.8, 4) is 11.5 Å². The van der Waals surface area contributed by atoms with Crippen LogP contribution >= 0.6 is 0 Å². The molecular weight excluding hydrogens is 416 g/mol. The van der Waals surface area contributed by atoms with Crippen molar-refractivity contribution in [3.05, 3.63) is 65.4 Å². The average Bonchev–Trinajstić information content (AvgIpc) is 2.72. The number of benzene rings is 2. The van der Waals surface area contributed by atoms with Crippen molar-refractivity contribution >= 4 is 10.9 Å². The zero-order valence-corrected chi connectivity index (χ0v) is 16.7. The second-order valence-electron chi connectivity index (χ2n) is 7.01. The zero-order valence-electron chi connectivity index (χ0n) is 16.7. The maximum Gasteiger partial charge on any atom is 0.418 e. The van der Waals surface area contributed by atoms with Crippen molar-refractivity contribution in [2.75, 3.05) is 19.7 Å². The first-order chi connectivity index (χ1) is 14.7. The number of alkyl halides is 4. The van der Waals surface area contributed by atoms with Gasteiger partial charge in [-0.25, -0.2) is 9.37 Å². The van der Waals surface area contributed by atoms with Gasteiger partial charge in [0.2, 0.25) is 0 Å². The predicted octanol–water partition coefficient (Wildman–Crippen LogP) is 4.69. The quantitative estimate of drug-likeness (QED) is 0.351. The van der Waals surface area contributed by atoms with Gasteiger partial charge in [0, 0.05) is 18.5 Å². The molecule has 3 N–H and O–H groups in total. The zero-order chi connectivity index (χ0) is 22.6. The van der Waals surface area contributed by atoms with Crippen LogP contribution in [0, 0.1) is 0 Å². The highest BCUT2D eigenvalue weighted by atomic mass is 19.4. The smallest absolute Gasteiger partial charge is 0.418 e. The first-order valence-electron chi connectivity index (χ1n) is 9.62. The van der Waals surface area contributed by atoms with Crippen LogP contribution in [-0.4, -0.2) is 34.9 Å². The molecule has 31 heavy (non-hydrogen) atoms. The van der Waals surface area contributed by atoms with E-state index in [4.69, 9.17) is 4.74 Å². The Morgan fingerprint density at radius 2 is 1.84 bits per heavy atom. The Kier molecular flexibility index (Phi) is 6.97. The standard InChI is InChI=1S/C22H22F4N2O3/c1-13(23)19-11-17(16-3-2-4-18(21(16)28-19)22(24,25)26)20(30)12-27-9-10-31-15-7-5-14(29)6-8-15/h2-8,11,13,20,27,29-30H,9-10,12H2,1H3. The third-order valence-electron chi connectivity index (χ3n) is 4.69. The van der Waals surface area contributed by atoms with Gasteiger partial charge < -0.3 is 20.3 Å². The number of rotatable bonds is 8. The maximum absolute atomic E-state index is 13.9. The molecule has 0 amide bonds. The molecule has 3 aromatic rings. The number of hydrogen-bond acceptors (Lipinski definition) is 5. The highest BCUT2D eigenvalue weighted by Gasteiger charge is 2.34. The molecule has 166 valence electrons. The summed E-state index contributed by atoms with van der Waals surface area (Å²) in [5.74, 6) is 0.676. The van der Waals surface area contributed by atoms with Crippen LogP contribution in [0.5, 0.6) is 11.5 Å². The number of nitrogens with zero attached hydrogens (tertiary/aromatic N) is 1. The van der Waals surface area contributed by atoms with Crippen LogP contribution in [0.25, 0.3) is 10.9 Å². The van der Waals surface area contributed by atoms with Crippen LogP contribution in [0.2, 0.25) is 0 Å². The molecule has 1 heterocycles. The SMILES string of the molecule is CC(F)c1cc(C(O)CNCCOc2ccc(O)cc2)c2cccc(C(F)(F)F)c2n1. The number of phenols is 1. The molecule has 9 heteroatoms. The number of aliphatic hydroxyl groups is 1. The van der Waals surface area contributed by atoms with Gasteiger partial charge in [0.05, 0.1) is 22.9 Å². The van der Waals surface area contributed by atoms with E-state index >= 15 is 0 Å². The first-order valence-corrected chi connectivity index (χ1v) is 9.62. The Labute approximate surface area is 176 Å². The highest BCUT2D eigenvalue weighted by Crippen LogP contribution is 2.37. The van der Waals surface area contributed by atoms with Gasteiger partial charge in [-0.3, -0.25) is 0 Å². The molecule has 0 saturated carbocycles. The lowest BCUT2D eigenvalue weighted by Gasteiger charge is -2.18. The van der Waals surface area contributed by atoms with Crippen LogP contribution in [0.1, 0.15) is 36.0 Å². The number of para-hydroxylation sites is 1. The molecule has 0 aliphatic rings. The second-order valence-corrected chi connectivity index (χ2v) is 7.01. The number of aromatic hydroxyl groups is 1. The van der Waals surface area contributed by atoms with Crippen LogP contribution in [0.3, 0.4) is 0 Å². The summed E-state index contributed by atoms with van der Waals surface area (Å²) in [5, 5.41) is 22.9. The molecule has 0 aliphatic heterocycles. The van der Waals surface area contributed by atoms with Crippen LogP contribution < -0.4 is 10.1 Å². The van der Waals surface area contributed by atoms with E-state index in [0.29, 0.717) is 12.3 Å². The second kappa shape index (κ2) is 9.49. The number of aromatic nitrogens is 1. The lowest BCUT2D eigenvalue weighted by Crippen LogP contribution is -2.26. The van der Waals surface area contributed by atoms with Crippen molar-refractivity contribution < 1.29 is 32.5 Å². The molecule has 0 aliphatic carbocycles. The normalized spacial score (nSPS) is 13.9. The third kappa shape index (κ3) is 5.62. The van der Waals surface area contributed by atoms with Crippen molar-refractivity contribution in [2.24, 2.45) is 0 Å². The number of halogens is 4. The fourth-order valence-electron chi connectivity index (χ4n) is 3.14. The molecule has 0 fully saturated rings. The van der Waals surface area contributed by atoms with E-state index in [9.17, 15) is 27.8 Å². The Balaban J connectivity index is 1.73. The molecule has 2 unspecified atom stereocenters. The van der Waals surface area contributed by atoms with E-state index in [-0.39, 0.29) is 41.1 Å². The average molecular weight is 438 g/mol. The van der Waals surface area contributed by atoms with Gasteiger partial charge in [0.1, 0.15) is 24.3 Å². The van der Waals surface area contributed by atoms with E-state index in [0.717, 1.165) is 6.07 Å². The van der Waals surface area contributed by atoms with Gasteiger partial charge in [0.15, 0.2) is 0 Å². The minimum absolute atomic E-state index is 0.0222. The van der Waals surface area contributed by atoms with Gasteiger partial charge in [-0.2, -0.15) is 13.2 Å². The molecule has 0 spiro atoms. The summed E-state index contributed by atoms with van der Waals surface area (Å²) < 4.78 is 59.6. The summed E-state index contributed by atoms with van der Waals surface area (Å²) in [7, 11) is 0. The summed E-state index contributed by atoms with van der Waals surface area (Å²) >= 11 is 0. The lowest BCUT2D eigenvalue weighted by molar-refractivity contribution is -0.136. The molecule has 3 rings (SSSR count). The summed E-state index contributed by atoms with van der Waals surface area (Å²) in [6.45, 7) is 1.81. The van der Waals surface area contributed by atoms with Gasteiger partial charge in [-0.1, -0.05) is 12.1 Å². The van der Waals surface area contributed by atoms with E-state index < -0.39 is 24.0 Å². The van der Waals surface area contributed by atoms with Crippen LogP contribution in [0.15, 0.2) is 48.5 Å². The van der Waals surface area contributed by atoms with E-state index in [1.165, 1.54) is 37.3 Å². The molecule has 2 aromatic carbocycles. The highest BCUT2D eigenvalue weighted by molar-refractivity contribution is 5.86. The summed E-state index contributed by atoms with van der Waals surface area (Å²) in [6, 6.07) is 11.0. The minimum atomic E-state index is -4.66. The molecule has 5 nitrogen and oxygen atoms in total. The Morgan fingerprint density at radius 1 is 1.13 bits per heavy atom.